The van der Waals surface area contributed by atoms with Crippen molar-refractivity contribution in [3.8, 4) is 0 Å². The summed E-state index contributed by atoms with van der Waals surface area (Å²) < 4.78 is 5.07. The highest BCUT2D eigenvalue weighted by Crippen LogP contribution is 2.29. The molecule has 8 heteroatoms. The molecule has 0 spiro atoms. The molecule has 8 nitrogen and oxygen atoms in total. The Balaban J connectivity index is 1.65. The van der Waals surface area contributed by atoms with Crippen LogP contribution in [0.2, 0.25) is 0 Å². The minimum atomic E-state index is -0.271. The van der Waals surface area contributed by atoms with Crippen LogP contribution in [-0.4, -0.2) is 53.7 Å². The van der Waals surface area contributed by atoms with Gasteiger partial charge in [0, 0.05) is 31.9 Å². The average Bonchev–Trinajstić information content (AvgIpc) is 2.75. The molecule has 1 amide bonds. The maximum atomic E-state index is 11.9. The lowest BCUT2D eigenvalue weighted by Gasteiger charge is -2.35. The molecule has 1 saturated heterocycles. The molecule has 0 aliphatic carbocycles. The Morgan fingerprint density at radius 1 is 1.14 bits per heavy atom. The third-order valence-electron chi connectivity index (χ3n) is 5.00. The number of nitrogens with zero attached hydrogens (tertiary/aromatic N) is 4. The number of piperazine rings is 1. The molecule has 156 valence electrons. The second-order valence-corrected chi connectivity index (χ2v) is 7.06. The number of carbonyl (C=O) groups excluding carboxylic acids is 1. The summed E-state index contributed by atoms with van der Waals surface area (Å²) in [6.45, 7) is 6.82. The minimum Gasteiger partial charge on any atom is -0.450 e. The zero-order chi connectivity index (χ0) is 20.6. The molecule has 1 aliphatic heterocycles. The molecule has 1 aromatic carbocycles. The van der Waals surface area contributed by atoms with Crippen molar-refractivity contribution < 1.29 is 9.53 Å². The molecule has 0 atom stereocenters. The molecular formula is C21H30N6O2. The minimum absolute atomic E-state index is 0.271. The number of amides is 1. The summed E-state index contributed by atoms with van der Waals surface area (Å²) in [6, 6.07) is 8.35. The van der Waals surface area contributed by atoms with Crippen LogP contribution in [0.1, 0.15) is 32.3 Å². The van der Waals surface area contributed by atoms with E-state index in [-0.39, 0.29) is 6.09 Å². The number of anilines is 4. The number of nitrogen functional groups attached to an aromatic ring is 1. The van der Waals surface area contributed by atoms with Gasteiger partial charge < -0.3 is 25.6 Å². The molecule has 0 radical (unpaired) electrons. The van der Waals surface area contributed by atoms with Crippen molar-refractivity contribution in [3.63, 3.8) is 0 Å². The molecule has 1 aromatic heterocycles. The van der Waals surface area contributed by atoms with Gasteiger partial charge in [-0.25, -0.2) is 14.8 Å². The van der Waals surface area contributed by atoms with Crippen LogP contribution in [0.15, 0.2) is 30.6 Å². The highest BCUT2D eigenvalue weighted by Gasteiger charge is 2.24. The van der Waals surface area contributed by atoms with Crippen LogP contribution in [-0.2, 0) is 11.2 Å². The van der Waals surface area contributed by atoms with Crippen molar-refractivity contribution in [1.82, 2.24) is 14.9 Å². The number of benzene rings is 1. The predicted octanol–water partition coefficient (Wildman–Crippen LogP) is 3.42. The lowest BCUT2D eigenvalue weighted by molar-refractivity contribution is 0.105. The molecule has 3 N–H and O–H groups in total. The van der Waals surface area contributed by atoms with E-state index in [4.69, 9.17) is 10.5 Å². The first-order valence-corrected chi connectivity index (χ1v) is 10.3. The molecule has 0 saturated carbocycles. The van der Waals surface area contributed by atoms with E-state index in [2.05, 4.69) is 39.2 Å². The number of ether oxygens (including phenoxy) is 1. The maximum absolute atomic E-state index is 11.9. The smallest absolute Gasteiger partial charge is 0.409 e. The van der Waals surface area contributed by atoms with Gasteiger partial charge >= 0.3 is 6.09 Å². The molecule has 2 heterocycles. The Labute approximate surface area is 172 Å². The van der Waals surface area contributed by atoms with Crippen molar-refractivity contribution in [1.29, 1.82) is 0 Å². The number of hydrogen-bond donors (Lipinski definition) is 2. The summed E-state index contributed by atoms with van der Waals surface area (Å²) in [4.78, 5) is 24.3. The number of rotatable bonds is 7. The summed E-state index contributed by atoms with van der Waals surface area (Å²) in [6.07, 6.45) is 4.72. The average molecular weight is 399 g/mol. The van der Waals surface area contributed by atoms with E-state index in [9.17, 15) is 4.79 Å². The first kappa shape index (κ1) is 20.7. The van der Waals surface area contributed by atoms with Gasteiger partial charge in [-0.15, -0.1) is 0 Å². The fourth-order valence-corrected chi connectivity index (χ4v) is 3.33. The first-order valence-electron chi connectivity index (χ1n) is 10.3. The van der Waals surface area contributed by atoms with E-state index in [0.717, 1.165) is 12.1 Å². The van der Waals surface area contributed by atoms with Gasteiger partial charge in [0.15, 0.2) is 11.6 Å². The van der Waals surface area contributed by atoms with Gasteiger partial charge in [0.05, 0.1) is 6.61 Å². The van der Waals surface area contributed by atoms with Crippen LogP contribution in [0.25, 0.3) is 0 Å². The summed E-state index contributed by atoms with van der Waals surface area (Å²) in [7, 11) is 0. The van der Waals surface area contributed by atoms with Gasteiger partial charge in [-0.1, -0.05) is 25.5 Å². The number of nitrogens with one attached hydrogen (secondary N) is 1. The van der Waals surface area contributed by atoms with Crippen LogP contribution >= 0.6 is 0 Å². The normalized spacial score (nSPS) is 14.0. The van der Waals surface area contributed by atoms with Crippen LogP contribution < -0.4 is 16.0 Å². The summed E-state index contributed by atoms with van der Waals surface area (Å²) in [5.74, 6) is 1.27. The SMILES string of the molecule is CCCCc1ccc(Nc2ncnc(N3CCN(C(=O)OCC)CC3)c2N)cc1. The van der Waals surface area contributed by atoms with Gasteiger partial charge in [0.2, 0.25) is 0 Å². The molecule has 0 unspecified atom stereocenters. The monoisotopic (exact) mass is 398 g/mol. The Morgan fingerprint density at radius 3 is 2.52 bits per heavy atom. The Morgan fingerprint density at radius 2 is 1.86 bits per heavy atom. The standard InChI is InChI=1S/C21H30N6O2/c1-3-5-6-16-7-9-17(10-8-16)25-19-18(22)20(24-15-23-19)26-11-13-27(14-12-26)21(28)29-4-2/h7-10,15H,3-6,11-14,22H2,1-2H3,(H,23,24,25). The lowest BCUT2D eigenvalue weighted by atomic mass is 10.1. The maximum Gasteiger partial charge on any atom is 0.409 e. The summed E-state index contributed by atoms with van der Waals surface area (Å²) in [5, 5.41) is 3.29. The third-order valence-corrected chi connectivity index (χ3v) is 5.00. The largest absolute Gasteiger partial charge is 0.450 e. The van der Waals surface area contributed by atoms with Crippen molar-refractivity contribution in [2.24, 2.45) is 0 Å². The highest BCUT2D eigenvalue weighted by molar-refractivity contribution is 5.78. The van der Waals surface area contributed by atoms with Crippen LogP contribution in [0.3, 0.4) is 0 Å². The molecule has 0 bridgehead atoms. The fraction of sp³-hybridized carbons (Fsp3) is 0.476. The molecular weight excluding hydrogens is 368 g/mol. The number of hydrogen-bond acceptors (Lipinski definition) is 7. The van der Waals surface area contributed by atoms with E-state index >= 15 is 0 Å². The zero-order valence-electron chi connectivity index (χ0n) is 17.2. The second kappa shape index (κ2) is 9.95. The van der Waals surface area contributed by atoms with Crippen molar-refractivity contribution in [2.75, 3.05) is 48.7 Å². The van der Waals surface area contributed by atoms with E-state index in [0.29, 0.717) is 50.1 Å². The fourth-order valence-electron chi connectivity index (χ4n) is 3.33. The Hall–Kier alpha value is -3.03. The van der Waals surface area contributed by atoms with Crippen LogP contribution in [0.5, 0.6) is 0 Å². The highest BCUT2D eigenvalue weighted by atomic mass is 16.6. The van der Waals surface area contributed by atoms with E-state index in [1.54, 1.807) is 4.90 Å². The molecule has 1 aliphatic rings. The van der Waals surface area contributed by atoms with Gasteiger partial charge in [-0.3, -0.25) is 0 Å². The first-order chi connectivity index (χ1) is 14.1. The Bertz CT molecular complexity index is 803. The third kappa shape index (κ3) is 5.28. The molecule has 1 fully saturated rings. The van der Waals surface area contributed by atoms with Crippen molar-refractivity contribution in [3.05, 3.63) is 36.2 Å². The van der Waals surface area contributed by atoms with Crippen molar-refractivity contribution in [2.45, 2.75) is 33.1 Å². The lowest BCUT2D eigenvalue weighted by Crippen LogP contribution is -2.49. The zero-order valence-corrected chi connectivity index (χ0v) is 17.2. The molecule has 3 rings (SSSR count). The van der Waals surface area contributed by atoms with Crippen molar-refractivity contribution >= 4 is 29.1 Å². The number of nitrogens with two attached hydrogens (primary N) is 1. The number of carbonyl (C=O) groups is 1. The topological polar surface area (TPSA) is 96.6 Å². The van der Waals surface area contributed by atoms with Gasteiger partial charge in [0.25, 0.3) is 0 Å². The number of aryl methyl sites for hydroxylation is 1. The number of aromatic nitrogens is 2. The summed E-state index contributed by atoms with van der Waals surface area (Å²) >= 11 is 0. The van der Waals surface area contributed by atoms with E-state index in [1.165, 1.54) is 24.7 Å². The van der Waals surface area contributed by atoms with Crippen LogP contribution in [0, 0.1) is 0 Å². The molecule has 2 aromatic rings. The van der Waals surface area contributed by atoms with Gasteiger partial charge in [-0.2, -0.15) is 0 Å². The number of unbranched alkanes of at least 4 members (excludes halogenated alkanes) is 1. The second-order valence-electron chi connectivity index (χ2n) is 7.06. The molecule has 29 heavy (non-hydrogen) atoms. The van der Waals surface area contributed by atoms with E-state index in [1.807, 2.05) is 19.1 Å². The van der Waals surface area contributed by atoms with E-state index < -0.39 is 0 Å². The quantitative estimate of drug-likeness (QED) is 0.737. The Kier molecular flexibility index (Phi) is 7.10. The summed E-state index contributed by atoms with van der Waals surface area (Å²) in [5.41, 5.74) is 9.14. The van der Waals surface area contributed by atoms with Crippen LogP contribution in [0.4, 0.5) is 27.8 Å². The van der Waals surface area contributed by atoms with Gasteiger partial charge in [-0.05, 0) is 37.5 Å². The predicted molar refractivity (Wildman–Crippen MR) is 116 cm³/mol. The van der Waals surface area contributed by atoms with Gasteiger partial charge in [0.1, 0.15) is 12.0 Å².